The van der Waals surface area contributed by atoms with Gasteiger partial charge in [0.1, 0.15) is 17.7 Å². The number of ether oxygens (including phenoxy) is 1. The molecule has 5 rings (SSSR count). The number of hydrogen-bond acceptors (Lipinski definition) is 6. The lowest BCUT2D eigenvalue weighted by Gasteiger charge is -2.58. The molecule has 3 N–H and O–H groups in total. The number of nitrogens with zero attached hydrogens (tertiary/aromatic N) is 3. The van der Waals surface area contributed by atoms with Crippen LogP contribution in [0, 0.1) is 5.41 Å². The second kappa shape index (κ2) is 7.33. The average Bonchev–Trinajstić information content (AvgIpc) is 2.97. The Kier molecular flexibility index (Phi) is 4.60. The van der Waals surface area contributed by atoms with Crippen molar-refractivity contribution in [1.29, 1.82) is 0 Å². The second-order valence-electron chi connectivity index (χ2n) is 8.70. The molecule has 9 heteroatoms. The van der Waals surface area contributed by atoms with Crippen molar-refractivity contribution >= 4 is 17.8 Å². The number of primary amides is 1. The summed E-state index contributed by atoms with van der Waals surface area (Å²) in [6.07, 6.45) is 8.51. The van der Waals surface area contributed by atoms with Gasteiger partial charge in [-0.05, 0) is 60.9 Å². The molecule has 3 heterocycles. The Bertz CT molecular complexity index is 1030. The Balaban J connectivity index is 1.15. The van der Waals surface area contributed by atoms with Gasteiger partial charge in [0.2, 0.25) is 5.88 Å². The fourth-order valence-electron chi connectivity index (χ4n) is 5.06. The minimum Gasteiger partial charge on any atom is -0.474 e. The van der Waals surface area contributed by atoms with Crippen LogP contribution in [0.5, 0.6) is 5.88 Å². The highest BCUT2D eigenvalue weighted by Gasteiger charge is 2.58. The van der Waals surface area contributed by atoms with E-state index in [2.05, 4.69) is 15.3 Å². The van der Waals surface area contributed by atoms with E-state index in [-0.39, 0.29) is 40.9 Å². The standard InChI is InChI=1S/C22H23N5O4/c23-18(28)16-2-1-5-25-19(16)31-15-11-22(12-15)9-14(10-22)27-20(29)17(26-21(27)30)8-13-3-6-24-7-4-13/h1-7,14-15,17H,8-12H2,(H2,23,28)(H,26,30). The molecule has 1 spiro atoms. The van der Waals surface area contributed by atoms with Crippen LogP contribution in [0.2, 0.25) is 0 Å². The van der Waals surface area contributed by atoms with Gasteiger partial charge in [0.25, 0.3) is 11.8 Å². The lowest BCUT2D eigenvalue weighted by atomic mass is 9.52. The zero-order chi connectivity index (χ0) is 21.6. The van der Waals surface area contributed by atoms with Gasteiger partial charge in [-0.25, -0.2) is 9.78 Å². The van der Waals surface area contributed by atoms with E-state index in [4.69, 9.17) is 10.5 Å². The maximum absolute atomic E-state index is 12.8. The number of imide groups is 1. The SMILES string of the molecule is NC(=O)c1cccnc1OC1CC2(C1)CC(N1C(=O)NC(Cc3ccncc3)C1=O)C2. The molecule has 1 aliphatic heterocycles. The lowest BCUT2D eigenvalue weighted by molar-refractivity contribution is -0.140. The predicted molar refractivity (Wildman–Crippen MR) is 109 cm³/mol. The Morgan fingerprint density at radius 2 is 1.90 bits per heavy atom. The monoisotopic (exact) mass is 421 g/mol. The molecule has 9 nitrogen and oxygen atoms in total. The number of nitrogens with one attached hydrogen (secondary N) is 1. The molecule has 0 bridgehead atoms. The summed E-state index contributed by atoms with van der Waals surface area (Å²) in [7, 11) is 0. The van der Waals surface area contributed by atoms with Crippen molar-refractivity contribution in [2.45, 2.75) is 50.3 Å². The van der Waals surface area contributed by atoms with Crippen molar-refractivity contribution in [2.24, 2.45) is 11.1 Å². The zero-order valence-electron chi connectivity index (χ0n) is 16.9. The Labute approximate surface area is 179 Å². The molecule has 160 valence electrons. The summed E-state index contributed by atoms with van der Waals surface area (Å²) in [4.78, 5) is 46.3. The van der Waals surface area contributed by atoms with Crippen molar-refractivity contribution < 1.29 is 19.1 Å². The molecule has 2 aromatic heterocycles. The summed E-state index contributed by atoms with van der Waals surface area (Å²) in [5, 5.41) is 2.81. The Hall–Kier alpha value is -3.49. The molecule has 4 amide bonds. The molecule has 1 atom stereocenters. The van der Waals surface area contributed by atoms with Gasteiger partial charge in [0.15, 0.2) is 0 Å². The van der Waals surface area contributed by atoms with Crippen molar-refractivity contribution in [3.05, 3.63) is 54.0 Å². The highest BCUT2D eigenvalue weighted by molar-refractivity contribution is 6.04. The van der Waals surface area contributed by atoms with Gasteiger partial charge in [0, 0.05) is 31.1 Å². The van der Waals surface area contributed by atoms with Gasteiger partial charge < -0.3 is 15.8 Å². The van der Waals surface area contributed by atoms with E-state index in [1.54, 1.807) is 30.7 Å². The van der Waals surface area contributed by atoms with Crippen molar-refractivity contribution in [3.63, 3.8) is 0 Å². The summed E-state index contributed by atoms with van der Waals surface area (Å²) in [5.74, 6) is -0.465. The Morgan fingerprint density at radius 3 is 2.61 bits per heavy atom. The van der Waals surface area contributed by atoms with E-state index in [1.165, 1.54) is 4.90 Å². The van der Waals surface area contributed by atoms with Crippen LogP contribution in [0.1, 0.15) is 41.6 Å². The second-order valence-corrected chi connectivity index (χ2v) is 8.70. The first kappa shape index (κ1) is 19.5. The highest BCUT2D eigenvalue weighted by Crippen LogP contribution is 2.58. The van der Waals surface area contributed by atoms with Crippen LogP contribution in [0.4, 0.5) is 4.79 Å². The number of aromatic nitrogens is 2. The van der Waals surface area contributed by atoms with Crippen LogP contribution >= 0.6 is 0 Å². The summed E-state index contributed by atoms with van der Waals surface area (Å²) < 4.78 is 5.88. The third-order valence-corrected chi connectivity index (χ3v) is 6.58. The van der Waals surface area contributed by atoms with Gasteiger partial charge in [-0.2, -0.15) is 0 Å². The van der Waals surface area contributed by atoms with Crippen LogP contribution in [0.3, 0.4) is 0 Å². The molecular weight excluding hydrogens is 398 g/mol. The Morgan fingerprint density at radius 1 is 1.16 bits per heavy atom. The number of carbonyl (C=O) groups is 3. The van der Waals surface area contributed by atoms with Gasteiger partial charge in [0.05, 0.1) is 0 Å². The van der Waals surface area contributed by atoms with Crippen LogP contribution < -0.4 is 15.8 Å². The van der Waals surface area contributed by atoms with E-state index in [1.807, 2.05) is 12.1 Å². The molecule has 2 aromatic rings. The lowest BCUT2D eigenvalue weighted by Crippen LogP contribution is -2.60. The van der Waals surface area contributed by atoms with E-state index in [0.29, 0.717) is 6.42 Å². The van der Waals surface area contributed by atoms with Crippen LogP contribution in [-0.4, -0.2) is 50.9 Å². The summed E-state index contributed by atoms with van der Waals surface area (Å²) >= 11 is 0. The van der Waals surface area contributed by atoms with E-state index in [0.717, 1.165) is 31.2 Å². The number of hydrogen-bond donors (Lipinski definition) is 2. The molecule has 3 fully saturated rings. The van der Waals surface area contributed by atoms with Crippen molar-refractivity contribution in [1.82, 2.24) is 20.2 Å². The van der Waals surface area contributed by atoms with Gasteiger partial charge in [-0.15, -0.1) is 0 Å². The summed E-state index contributed by atoms with van der Waals surface area (Å²) in [6.45, 7) is 0. The number of amides is 4. The number of carbonyl (C=O) groups excluding carboxylic acids is 3. The topological polar surface area (TPSA) is 128 Å². The first-order valence-electron chi connectivity index (χ1n) is 10.4. The van der Waals surface area contributed by atoms with Gasteiger partial charge in [-0.1, -0.05) is 0 Å². The number of pyridine rings is 2. The quantitative estimate of drug-likeness (QED) is 0.679. The molecule has 31 heavy (non-hydrogen) atoms. The van der Waals surface area contributed by atoms with Gasteiger partial charge >= 0.3 is 6.03 Å². The molecule has 1 unspecified atom stereocenters. The fourth-order valence-corrected chi connectivity index (χ4v) is 5.06. The number of nitrogens with two attached hydrogens (primary N) is 1. The minimum atomic E-state index is -0.569. The first-order valence-corrected chi connectivity index (χ1v) is 10.4. The van der Waals surface area contributed by atoms with Crippen LogP contribution in [0.15, 0.2) is 42.9 Å². The molecule has 2 aliphatic carbocycles. The summed E-state index contributed by atoms with van der Waals surface area (Å²) in [6, 6.07) is 6.02. The minimum absolute atomic E-state index is 0.0449. The molecule has 0 radical (unpaired) electrons. The highest BCUT2D eigenvalue weighted by atomic mass is 16.5. The summed E-state index contributed by atoms with van der Waals surface area (Å²) in [5.41, 5.74) is 6.70. The van der Waals surface area contributed by atoms with Crippen LogP contribution in [-0.2, 0) is 11.2 Å². The first-order chi connectivity index (χ1) is 14.9. The smallest absolute Gasteiger partial charge is 0.325 e. The van der Waals surface area contributed by atoms with E-state index >= 15 is 0 Å². The molecule has 3 aliphatic rings. The molecular formula is C22H23N5O4. The largest absolute Gasteiger partial charge is 0.474 e. The molecule has 1 saturated heterocycles. The fraction of sp³-hybridized carbons (Fsp3) is 0.409. The number of rotatable bonds is 6. The maximum Gasteiger partial charge on any atom is 0.325 e. The van der Waals surface area contributed by atoms with E-state index in [9.17, 15) is 14.4 Å². The third-order valence-electron chi connectivity index (χ3n) is 6.58. The zero-order valence-corrected chi connectivity index (χ0v) is 16.9. The predicted octanol–water partition coefficient (Wildman–Crippen LogP) is 1.43. The molecule has 0 aromatic carbocycles. The molecule has 2 saturated carbocycles. The van der Waals surface area contributed by atoms with Crippen molar-refractivity contribution in [2.75, 3.05) is 0 Å². The average molecular weight is 421 g/mol. The van der Waals surface area contributed by atoms with Gasteiger partial charge in [-0.3, -0.25) is 19.5 Å². The van der Waals surface area contributed by atoms with Crippen molar-refractivity contribution in [3.8, 4) is 5.88 Å². The van der Waals surface area contributed by atoms with E-state index < -0.39 is 11.9 Å². The third kappa shape index (κ3) is 3.49. The maximum atomic E-state index is 12.8. The van der Waals surface area contributed by atoms with Crippen LogP contribution in [0.25, 0.3) is 0 Å². The normalized spacial score (nSPS) is 29.3. The number of urea groups is 1.